The Balaban J connectivity index is 1.10. The van der Waals surface area contributed by atoms with Gasteiger partial charge in [-0.1, -0.05) is 111 Å². The maximum Gasteiger partial charge on any atom is 0.299 e. The molecule has 346 valence electrons. The number of furan rings is 3. The number of pyridine rings is 2. The fraction of sp³-hybridized carbons (Fsp3) is 0.210. The van der Waals surface area contributed by atoms with Gasteiger partial charge in [0.05, 0.1) is 33.2 Å². The highest BCUT2D eigenvalue weighted by Gasteiger charge is 2.31. The minimum atomic E-state index is -0.356. The average molecular weight is 919 g/mol. The van der Waals surface area contributed by atoms with E-state index in [0.29, 0.717) is 34.0 Å². The largest absolute Gasteiger partial charge is 0.507 e. The third-order valence-corrected chi connectivity index (χ3v) is 14.0. The highest BCUT2D eigenvalue weighted by atomic mass is 16.5. The van der Waals surface area contributed by atoms with E-state index in [1.807, 2.05) is 43.5 Å². The van der Waals surface area contributed by atoms with Crippen LogP contribution in [0.2, 0.25) is 0 Å². The molecule has 70 heavy (non-hydrogen) atoms. The molecule has 0 atom stereocenters. The molecular formula is C62H54N4O4. The summed E-state index contributed by atoms with van der Waals surface area (Å²) in [6.45, 7) is 21.8. The molecule has 0 aliphatic rings. The van der Waals surface area contributed by atoms with Gasteiger partial charge in [0.25, 0.3) is 5.78 Å². The van der Waals surface area contributed by atoms with Crippen LogP contribution in [-0.2, 0) is 16.2 Å². The SMILES string of the molecule is Cc1ccc2c(n1)oc1cc(-c3ccnc(-c4ccc5oc6oc7ccc8c(nc(-c9cc(C(C)(C)C)cc(C(C)(C)C)c9O)n8-c8ccc(C(C)(C)C)cc8-c8ccccc8)c7c6c5c4)c3)ccc12. The molecule has 0 saturated carbocycles. The Morgan fingerprint density at radius 1 is 0.514 bits per heavy atom. The summed E-state index contributed by atoms with van der Waals surface area (Å²) >= 11 is 0. The van der Waals surface area contributed by atoms with Crippen molar-refractivity contribution in [1.82, 2.24) is 19.5 Å². The molecule has 0 fully saturated rings. The Bertz CT molecular complexity index is 4090. The predicted molar refractivity (Wildman–Crippen MR) is 285 cm³/mol. The fourth-order valence-electron chi connectivity index (χ4n) is 10.1. The van der Waals surface area contributed by atoms with Crippen molar-refractivity contribution in [3.05, 3.63) is 162 Å². The number of nitrogens with zero attached hydrogens (tertiary/aromatic N) is 4. The molecule has 8 nitrogen and oxygen atoms in total. The molecule has 0 saturated heterocycles. The zero-order chi connectivity index (χ0) is 48.6. The molecule has 6 aromatic heterocycles. The van der Waals surface area contributed by atoms with Gasteiger partial charge in [0.15, 0.2) is 0 Å². The van der Waals surface area contributed by atoms with Crippen molar-refractivity contribution in [2.45, 2.75) is 85.5 Å². The lowest BCUT2D eigenvalue weighted by molar-refractivity contribution is 0.446. The molecule has 0 unspecified atom stereocenters. The van der Waals surface area contributed by atoms with Crippen LogP contribution in [-0.4, -0.2) is 24.6 Å². The summed E-state index contributed by atoms with van der Waals surface area (Å²) in [5, 5.41) is 17.2. The van der Waals surface area contributed by atoms with Crippen molar-refractivity contribution >= 4 is 66.2 Å². The van der Waals surface area contributed by atoms with Crippen LogP contribution < -0.4 is 0 Å². The van der Waals surface area contributed by atoms with Crippen LogP contribution in [0.5, 0.6) is 5.75 Å². The highest BCUT2D eigenvalue weighted by Crippen LogP contribution is 2.48. The second-order valence-electron chi connectivity index (χ2n) is 22.0. The molecule has 1 N–H and O–H groups in total. The minimum Gasteiger partial charge on any atom is -0.507 e. The van der Waals surface area contributed by atoms with Gasteiger partial charge in [-0.2, -0.15) is 0 Å². The number of aromatic nitrogens is 4. The lowest BCUT2D eigenvalue weighted by atomic mass is 9.79. The first-order chi connectivity index (χ1) is 33.4. The average Bonchev–Trinajstić information content (AvgIpc) is 4.09. The monoisotopic (exact) mass is 918 g/mol. The lowest BCUT2D eigenvalue weighted by Crippen LogP contribution is -2.17. The molecule has 6 aromatic carbocycles. The van der Waals surface area contributed by atoms with Crippen LogP contribution >= 0.6 is 0 Å². The first-order valence-corrected chi connectivity index (χ1v) is 24.0. The topological polar surface area (TPSA) is 103 Å². The van der Waals surface area contributed by atoms with Crippen molar-refractivity contribution in [3.8, 4) is 56.3 Å². The van der Waals surface area contributed by atoms with Gasteiger partial charge in [-0.25, -0.2) is 9.97 Å². The number of aromatic hydroxyl groups is 1. The van der Waals surface area contributed by atoms with Crippen molar-refractivity contribution in [2.75, 3.05) is 0 Å². The quantitative estimate of drug-likeness (QED) is 0.183. The number of rotatable bonds is 5. The van der Waals surface area contributed by atoms with Gasteiger partial charge >= 0.3 is 0 Å². The van der Waals surface area contributed by atoms with Gasteiger partial charge < -0.3 is 18.4 Å². The van der Waals surface area contributed by atoms with Crippen LogP contribution in [0.1, 0.15) is 84.7 Å². The minimum absolute atomic E-state index is 0.101. The van der Waals surface area contributed by atoms with E-state index in [2.05, 4.69) is 175 Å². The Morgan fingerprint density at radius 2 is 1.23 bits per heavy atom. The fourth-order valence-corrected chi connectivity index (χ4v) is 10.1. The molecule has 0 radical (unpaired) electrons. The summed E-state index contributed by atoms with van der Waals surface area (Å²) < 4.78 is 21.6. The smallest absolute Gasteiger partial charge is 0.299 e. The number of hydrogen-bond acceptors (Lipinski definition) is 7. The molecule has 12 rings (SSSR count). The summed E-state index contributed by atoms with van der Waals surface area (Å²) in [5.74, 6) is 1.27. The van der Waals surface area contributed by atoms with E-state index in [0.717, 1.165) is 99.6 Å². The summed E-state index contributed by atoms with van der Waals surface area (Å²) in [6, 6.07) is 46.4. The summed E-state index contributed by atoms with van der Waals surface area (Å²) in [4.78, 5) is 15.2. The molecule has 0 aliphatic carbocycles. The van der Waals surface area contributed by atoms with Gasteiger partial charge in [0.1, 0.15) is 33.8 Å². The van der Waals surface area contributed by atoms with E-state index < -0.39 is 0 Å². The van der Waals surface area contributed by atoms with Crippen LogP contribution in [0.25, 0.3) is 117 Å². The number of phenols is 1. The summed E-state index contributed by atoms with van der Waals surface area (Å²) in [6.07, 6.45) is 1.85. The number of aryl methyl sites for hydroxylation is 1. The molecule has 0 bridgehead atoms. The number of phenolic OH excluding ortho intramolecular Hbond substituents is 1. The zero-order valence-corrected chi connectivity index (χ0v) is 41.2. The molecule has 6 heterocycles. The highest BCUT2D eigenvalue weighted by molar-refractivity contribution is 6.25. The number of fused-ring (bicyclic) bond motifs is 10. The third kappa shape index (κ3) is 6.99. The van der Waals surface area contributed by atoms with Crippen LogP contribution in [0.4, 0.5) is 0 Å². The maximum atomic E-state index is 12.6. The van der Waals surface area contributed by atoms with Crippen molar-refractivity contribution < 1.29 is 18.4 Å². The first-order valence-electron chi connectivity index (χ1n) is 24.0. The molecule has 8 heteroatoms. The van der Waals surface area contributed by atoms with Gasteiger partial charge in [0, 0.05) is 44.7 Å². The van der Waals surface area contributed by atoms with E-state index in [1.165, 1.54) is 5.56 Å². The van der Waals surface area contributed by atoms with E-state index in [4.69, 9.17) is 23.2 Å². The van der Waals surface area contributed by atoms with Crippen molar-refractivity contribution in [3.63, 3.8) is 0 Å². The van der Waals surface area contributed by atoms with Crippen molar-refractivity contribution in [1.29, 1.82) is 0 Å². The zero-order valence-electron chi connectivity index (χ0n) is 41.2. The first kappa shape index (κ1) is 43.3. The lowest BCUT2D eigenvalue weighted by Gasteiger charge is -2.28. The molecule has 0 aliphatic heterocycles. The van der Waals surface area contributed by atoms with Crippen LogP contribution in [0.15, 0.2) is 153 Å². The molecular weight excluding hydrogens is 865 g/mol. The molecule has 0 spiro atoms. The Hall–Kier alpha value is -7.97. The van der Waals surface area contributed by atoms with Gasteiger partial charge in [-0.3, -0.25) is 9.55 Å². The predicted octanol–water partition coefficient (Wildman–Crippen LogP) is 16.9. The second-order valence-corrected chi connectivity index (χ2v) is 22.0. The van der Waals surface area contributed by atoms with Crippen LogP contribution in [0.3, 0.4) is 0 Å². The number of benzene rings is 6. The van der Waals surface area contributed by atoms with E-state index in [1.54, 1.807) is 0 Å². The van der Waals surface area contributed by atoms with Gasteiger partial charge in [-0.05, 0) is 136 Å². The molecule has 12 aromatic rings. The molecule has 0 amide bonds. The number of imidazole rings is 1. The van der Waals surface area contributed by atoms with E-state index in [9.17, 15) is 5.11 Å². The van der Waals surface area contributed by atoms with Gasteiger partial charge in [-0.15, -0.1) is 0 Å². The Labute approximate surface area is 406 Å². The van der Waals surface area contributed by atoms with Crippen LogP contribution in [0, 0.1) is 6.92 Å². The second kappa shape index (κ2) is 15.3. The maximum absolute atomic E-state index is 12.6. The summed E-state index contributed by atoms with van der Waals surface area (Å²) in [5.41, 5.74) is 15.4. The van der Waals surface area contributed by atoms with Crippen molar-refractivity contribution in [2.24, 2.45) is 0 Å². The Kier molecular flexibility index (Phi) is 9.45. The number of hydrogen-bond donors (Lipinski definition) is 1. The van der Waals surface area contributed by atoms with Gasteiger partial charge in [0.2, 0.25) is 5.71 Å². The normalized spacial score (nSPS) is 12.8. The summed E-state index contributed by atoms with van der Waals surface area (Å²) in [7, 11) is 0. The Morgan fingerprint density at radius 3 is 2.00 bits per heavy atom. The third-order valence-electron chi connectivity index (χ3n) is 14.0. The van der Waals surface area contributed by atoms with E-state index >= 15 is 0 Å². The van der Waals surface area contributed by atoms with E-state index in [-0.39, 0.29) is 22.0 Å². The standard InChI is InChI=1S/C62H54N4O4/c1-34-16-20-42-41-21-17-36(30-52(41)68-58(42)64-34)37-26-27-63-47(29-37)38-18-24-50-44(28-38)53-54-51(70-59(53)69-50)25-23-49-55(54)65-57(45-32-40(61(5,6)7)33-46(56(45)67)62(8,9)10)66(49)48-22-19-39(60(2,3)4)31-43(48)35-14-12-11-13-15-35/h11-33,67H,1-10H3.